The molecule has 2 heteroatoms. The molecule has 1 saturated heterocycles. The van der Waals surface area contributed by atoms with Crippen molar-refractivity contribution in [2.24, 2.45) is 5.92 Å². The molecular weight excluding hydrogens is 220 g/mol. The van der Waals surface area contributed by atoms with Crippen molar-refractivity contribution in [3.05, 3.63) is 0 Å². The first-order valence-corrected chi connectivity index (χ1v) is 8.41. The normalized spacial score (nSPS) is 30.3. The third kappa shape index (κ3) is 5.27. The van der Waals surface area contributed by atoms with E-state index in [1.807, 2.05) is 0 Å². The molecule has 1 aliphatic carbocycles. The lowest BCUT2D eigenvalue weighted by Gasteiger charge is -2.28. The SMILES string of the molecule is C1CCCCC(C2CCCCCNCN2)CCC1. The van der Waals surface area contributed by atoms with Crippen molar-refractivity contribution in [1.29, 1.82) is 0 Å². The van der Waals surface area contributed by atoms with E-state index in [-0.39, 0.29) is 0 Å². The van der Waals surface area contributed by atoms with Crippen LogP contribution in [-0.2, 0) is 0 Å². The first kappa shape index (κ1) is 14.3. The molecular formula is C16H32N2. The van der Waals surface area contributed by atoms with E-state index in [2.05, 4.69) is 10.6 Å². The van der Waals surface area contributed by atoms with Crippen molar-refractivity contribution >= 4 is 0 Å². The van der Waals surface area contributed by atoms with Crippen LogP contribution in [0.3, 0.4) is 0 Å². The summed E-state index contributed by atoms with van der Waals surface area (Å²) in [6.07, 6.45) is 17.4. The van der Waals surface area contributed by atoms with E-state index < -0.39 is 0 Å². The van der Waals surface area contributed by atoms with Gasteiger partial charge in [-0.2, -0.15) is 0 Å². The highest BCUT2D eigenvalue weighted by molar-refractivity contribution is 4.78. The molecule has 0 radical (unpaired) electrons. The monoisotopic (exact) mass is 252 g/mol. The zero-order valence-corrected chi connectivity index (χ0v) is 12.1. The molecule has 1 saturated carbocycles. The first-order valence-electron chi connectivity index (χ1n) is 8.41. The smallest absolute Gasteiger partial charge is 0.0456 e. The minimum atomic E-state index is 0.786. The molecule has 0 aromatic carbocycles. The van der Waals surface area contributed by atoms with Gasteiger partial charge < -0.3 is 10.6 Å². The van der Waals surface area contributed by atoms with E-state index in [0.717, 1.165) is 18.6 Å². The maximum Gasteiger partial charge on any atom is 0.0456 e. The molecule has 2 aliphatic rings. The highest BCUT2D eigenvalue weighted by atomic mass is 15.1. The lowest BCUT2D eigenvalue weighted by atomic mass is 9.86. The van der Waals surface area contributed by atoms with E-state index >= 15 is 0 Å². The molecule has 18 heavy (non-hydrogen) atoms. The van der Waals surface area contributed by atoms with Gasteiger partial charge in [-0.25, -0.2) is 0 Å². The second kappa shape index (κ2) is 8.92. The van der Waals surface area contributed by atoms with Gasteiger partial charge in [0.2, 0.25) is 0 Å². The van der Waals surface area contributed by atoms with Crippen LogP contribution in [0, 0.1) is 5.92 Å². The van der Waals surface area contributed by atoms with Crippen LogP contribution in [0.15, 0.2) is 0 Å². The van der Waals surface area contributed by atoms with E-state index in [4.69, 9.17) is 0 Å². The van der Waals surface area contributed by atoms with Crippen molar-refractivity contribution in [2.75, 3.05) is 13.2 Å². The maximum atomic E-state index is 3.79. The van der Waals surface area contributed by atoms with Crippen LogP contribution < -0.4 is 10.6 Å². The minimum Gasteiger partial charge on any atom is -0.304 e. The van der Waals surface area contributed by atoms with Crippen molar-refractivity contribution in [1.82, 2.24) is 10.6 Å². The summed E-state index contributed by atoms with van der Waals surface area (Å²) in [7, 11) is 0. The van der Waals surface area contributed by atoms with Gasteiger partial charge in [0.15, 0.2) is 0 Å². The topological polar surface area (TPSA) is 24.1 Å². The van der Waals surface area contributed by atoms with Crippen LogP contribution >= 0.6 is 0 Å². The average Bonchev–Trinajstić information content (AvgIpc) is 2.61. The van der Waals surface area contributed by atoms with Crippen molar-refractivity contribution in [2.45, 2.75) is 83.1 Å². The quantitative estimate of drug-likeness (QED) is 0.741. The zero-order chi connectivity index (χ0) is 12.5. The minimum absolute atomic E-state index is 0.786. The Labute approximate surface area is 113 Å². The van der Waals surface area contributed by atoms with E-state index in [0.29, 0.717) is 0 Å². The predicted molar refractivity (Wildman–Crippen MR) is 78.7 cm³/mol. The summed E-state index contributed by atoms with van der Waals surface area (Å²) in [5.74, 6) is 0.947. The highest BCUT2D eigenvalue weighted by Gasteiger charge is 2.21. The number of rotatable bonds is 1. The van der Waals surface area contributed by atoms with Crippen LogP contribution in [0.1, 0.15) is 77.0 Å². The Balaban J connectivity index is 1.83. The van der Waals surface area contributed by atoms with Crippen molar-refractivity contribution < 1.29 is 0 Å². The standard InChI is InChI=1S/C16H32N2/c1-2-4-7-11-15(10-6-3-1)16-12-8-5-9-13-17-14-18-16/h15-18H,1-14H2. The Morgan fingerprint density at radius 2 is 1.22 bits per heavy atom. The molecule has 1 heterocycles. The van der Waals surface area contributed by atoms with E-state index in [1.165, 1.54) is 83.6 Å². The van der Waals surface area contributed by atoms with E-state index in [1.54, 1.807) is 0 Å². The van der Waals surface area contributed by atoms with Crippen molar-refractivity contribution in [3.8, 4) is 0 Å². The second-order valence-electron chi connectivity index (χ2n) is 6.30. The lowest BCUT2D eigenvalue weighted by Crippen LogP contribution is -2.41. The van der Waals surface area contributed by atoms with Gasteiger partial charge in [0.1, 0.15) is 0 Å². The van der Waals surface area contributed by atoms with Gasteiger partial charge in [-0.1, -0.05) is 51.4 Å². The Bertz CT molecular complexity index is 163. The van der Waals surface area contributed by atoms with Crippen LogP contribution in [0.2, 0.25) is 0 Å². The van der Waals surface area contributed by atoms with Crippen LogP contribution in [-0.4, -0.2) is 19.3 Å². The third-order valence-electron chi connectivity index (χ3n) is 4.83. The summed E-state index contributed by atoms with van der Waals surface area (Å²) in [5.41, 5.74) is 0. The third-order valence-corrected chi connectivity index (χ3v) is 4.83. The zero-order valence-electron chi connectivity index (χ0n) is 12.1. The molecule has 0 amide bonds. The van der Waals surface area contributed by atoms with Gasteiger partial charge in [0.25, 0.3) is 0 Å². The molecule has 2 nitrogen and oxygen atoms in total. The summed E-state index contributed by atoms with van der Waals surface area (Å²) < 4.78 is 0. The average molecular weight is 252 g/mol. The molecule has 1 atom stereocenters. The van der Waals surface area contributed by atoms with Gasteiger partial charge >= 0.3 is 0 Å². The lowest BCUT2D eigenvalue weighted by molar-refractivity contribution is 0.286. The molecule has 1 aliphatic heterocycles. The molecule has 0 bridgehead atoms. The molecule has 0 spiro atoms. The molecule has 1 unspecified atom stereocenters. The van der Waals surface area contributed by atoms with Crippen LogP contribution in [0.5, 0.6) is 0 Å². The molecule has 0 aromatic heterocycles. The second-order valence-corrected chi connectivity index (χ2v) is 6.30. The molecule has 0 aromatic rings. The molecule has 106 valence electrons. The van der Waals surface area contributed by atoms with Crippen LogP contribution in [0.25, 0.3) is 0 Å². The summed E-state index contributed by atoms with van der Waals surface area (Å²) in [4.78, 5) is 0. The number of nitrogens with one attached hydrogen (secondary N) is 2. The Morgan fingerprint density at radius 1 is 0.611 bits per heavy atom. The van der Waals surface area contributed by atoms with Gasteiger partial charge in [-0.3, -0.25) is 0 Å². The summed E-state index contributed by atoms with van der Waals surface area (Å²) in [6.45, 7) is 2.23. The Hall–Kier alpha value is -0.0800. The Morgan fingerprint density at radius 3 is 2.00 bits per heavy atom. The van der Waals surface area contributed by atoms with Gasteiger partial charge in [-0.15, -0.1) is 0 Å². The summed E-state index contributed by atoms with van der Waals surface area (Å²) in [6, 6.07) is 0.786. The Kier molecular flexibility index (Phi) is 7.11. The van der Waals surface area contributed by atoms with Crippen molar-refractivity contribution in [3.63, 3.8) is 0 Å². The van der Waals surface area contributed by atoms with E-state index in [9.17, 15) is 0 Å². The number of hydrogen-bond acceptors (Lipinski definition) is 2. The summed E-state index contributed by atoms with van der Waals surface area (Å²) >= 11 is 0. The fourth-order valence-electron chi connectivity index (χ4n) is 3.65. The molecule has 2 rings (SSSR count). The van der Waals surface area contributed by atoms with Crippen LogP contribution in [0.4, 0.5) is 0 Å². The predicted octanol–water partition coefficient (Wildman–Crippen LogP) is 3.82. The van der Waals surface area contributed by atoms with Gasteiger partial charge in [0, 0.05) is 12.7 Å². The first-order chi connectivity index (χ1) is 8.97. The number of hydrogen-bond donors (Lipinski definition) is 2. The molecule has 2 N–H and O–H groups in total. The maximum absolute atomic E-state index is 3.79. The van der Waals surface area contributed by atoms with Gasteiger partial charge in [0.05, 0.1) is 0 Å². The fourth-order valence-corrected chi connectivity index (χ4v) is 3.65. The largest absolute Gasteiger partial charge is 0.304 e. The summed E-state index contributed by atoms with van der Waals surface area (Å²) in [5, 5.41) is 7.31. The van der Waals surface area contributed by atoms with Gasteiger partial charge in [-0.05, 0) is 38.1 Å². The molecule has 2 fully saturated rings. The fraction of sp³-hybridized carbons (Fsp3) is 1.00. The highest BCUT2D eigenvalue weighted by Crippen LogP contribution is 2.26.